The van der Waals surface area contributed by atoms with E-state index in [0.29, 0.717) is 0 Å². The maximum atomic E-state index is 12.8. The van der Waals surface area contributed by atoms with Gasteiger partial charge in [-0.3, -0.25) is 4.79 Å². The molecule has 30 heavy (non-hydrogen) atoms. The molecule has 1 amide bonds. The Morgan fingerprint density at radius 3 is 2.30 bits per heavy atom. The lowest BCUT2D eigenvalue weighted by molar-refractivity contribution is -0.146. The SMILES string of the molecule is CC(=O)N[C@H]1[C@H]([C@H](O)[C@H](O)CO)OC(C(=O)O)=C[C@@H]1NS(=O)(=O)c1ccc(C)cc1. The number of ether oxygens (including phenoxy) is 1. The molecule has 0 unspecified atom stereocenters. The van der Waals surface area contributed by atoms with Crippen molar-refractivity contribution in [1.29, 1.82) is 0 Å². The highest BCUT2D eigenvalue weighted by molar-refractivity contribution is 7.89. The number of carbonyl (C=O) groups excluding carboxylic acids is 1. The van der Waals surface area contributed by atoms with E-state index in [4.69, 9.17) is 9.84 Å². The van der Waals surface area contributed by atoms with Crippen LogP contribution in [0.4, 0.5) is 0 Å². The molecule has 166 valence electrons. The number of carbonyl (C=O) groups is 2. The van der Waals surface area contributed by atoms with Gasteiger partial charge in [-0.05, 0) is 25.1 Å². The van der Waals surface area contributed by atoms with Crippen LogP contribution in [0.3, 0.4) is 0 Å². The highest BCUT2D eigenvalue weighted by Crippen LogP contribution is 2.24. The van der Waals surface area contributed by atoms with Crippen LogP contribution in [0.2, 0.25) is 0 Å². The van der Waals surface area contributed by atoms with Crippen molar-refractivity contribution in [3.63, 3.8) is 0 Å². The Kier molecular flexibility index (Phi) is 7.55. The highest BCUT2D eigenvalue weighted by atomic mass is 32.2. The molecule has 1 aromatic carbocycles. The second kappa shape index (κ2) is 9.53. The van der Waals surface area contributed by atoms with Gasteiger partial charge in [0.05, 0.1) is 23.6 Å². The lowest BCUT2D eigenvalue weighted by atomic mass is 9.92. The van der Waals surface area contributed by atoms with E-state index in [2.05, 4.69) is 10.0 Å². The Morgan fingerprint density at radius 2 is 1.80 bits per heavy atom. The van der Waals surface area contributed by atoms with Crippen molar-refractivity contribution >= 4 is 21.9 Å². The first-order valence-electron chi connectivity index (χ1n) is 8.91. The molecule has 0 saturated carbocycles. The van der Waals surface area contributed by atoms with Crippen LogP contribution < -0.4 is 10.0 Å². The monoisotopic (exact) mass is 444 g/mol. The zero-order valence-electron chi connectivity index (χ0n) is 16.2. The minimum Gasteiger partial charge on any atom is -0.478 e. The van der Waals surface area contributed by atoms with Crippen LogP contribution in [0, 0.1) is 6.92 Å². The molecular formula is C18H24N2O9S. The van der Waals surface area contributed by atoms with E-state index < -0.39 is 64.7 Å². The normalized spacial score (nSPS) is 23.6. The molecule has 1 aliphatic rings. The summed E-state index contributed by atoms with van der Waals surface area (Å²) < 4.78 is 33.1. The second-order valence-electron chi connectivity index (χ2n) is 6.85. The van der Waals surface area contributed by atoms with E-state index in [1.807, 2.05) is 0 Å². The van der Waals surface area contributed by atoms with Crippen LogP contribution in [0.15, 0.2) is 41.0 Å². The molecule has 1 aromatic rings. The minimum atomic E-state index is -4.16. The first-order chi connectivity index (χ1) is 14.0. The number of carboxylic acid groups (broad SMARTS) is 1. The molecule has 0 fully saturated rings. The van der Waals surface area contributed by atoms with Crippen LogP contribution in [0.25, 0.3) is 0 Å². The summed E-state index contributed by atoms with van der Waals surface area (Å²) in [6, 6.07) is 3.23. The molecule has 11 nitrogen and oxygen atoms in total. The first-order valence-corrected chi connectivity index (χ1v) is 10.4. The maximum Gasteiger partial charge on any atom is 0.370 e. The van der Waals surface area contributed by atoms with E-state index in [9.17, 15) is 33.3 Å². The Morgan fingerprint density at radius 1 is 1.20 bits per heavy atom. The third-order valence-corrected chi connectivity index (χ3v) is 5.93. The van der Waals surface area contributed by atoms with E-state index >= 15 is 0 Å². The van der Waals surface area contributed by atoms with E-state index in [1.165, 1.54) is 12.1 Å². The average molecular weight is 444 g/mol. The average Bonchev–Trinajstić information content (AvgIpc) is 2.67. The summed E-state index contributed by atoms with van der Waals surface area (Å²) in [5.74, 6) is -2.86. The number of aliphatic hydroxyl groups excluding tert-OH is 3. The van der Waals surface area contributed by atoms with Gasteiger partial charge < -0.3 is 30.5 Å². The fraction of sp³-hybridized carbons (Fsp3) is 0.444. The maximum absolute atomic E-state index is 12.8. The number of hydrogen-bond acceptors (Lipinski definition) is 8. The number of aryl methyl sites for hydroxylation is 1. The molecular weight excluding hydrogens is 420 g/mol. The highest BCUT2D eigenvalue weighted by Gasteiger charge is 2.44. The quantitative estimate of drug-likeness (QED) is 0.270. The lowest BCUT2D eigenvalue weighted by Crippen LogP contribution is -2.63. The van der Waals surface area contributed by atoms with Gasteiger partial charge in [0.1, 0.15) is 18.3 Å². The Balaban J connectivity index is 2.47. The lowest BCUT2D eigenvalue weighted by Gasteiger charge is -2.39. The van der Waals surface area contributed by atoms with Crippen molar-refractivity contribution in [2.75, 3.05) is 6.61 Å². The van der Waals surface area contributed by atoms with Gasteiger partial charge in [0, 0.05) is 6.92 Å². The summed E-state index contributed by atoms with van der Waals surface area (Å²) in [7, 11) is -4.16. The smallest absolute Gasteiger partial charge is 0.370 e. The number of carboxylic acids is 1. The number of benzene rings is 1. The van der Waals surface area contributed by atoms with Crippen molar-refractivity contribution < 1.29 is 43.2 Å². The van der Waals surface area contributed by atoms with Crippen LogP contribution in [-0.4, -0.2) is 77.7 Å². The van der Waals surface area contributed by atoms with Gasteiger partial charge in [-0.1, -0.05) is 17.7 Å². The van der Waals surface area contributed by atoms with E-state index in [-0.39, 0.29) is 4.90 Å². The Bertz CT molecular complexity index is 914. The third-order valence-electron chi connectivity index (χ3n) is 4.46. The molecule has 0 aliphatic carbocycles. The molecule has 1 heterocycles. The third kappa shape index (κ3) is 5.55. The van der Waals surface area contributed by atoms with Crippen LogP contribution in [-0.2, 0) is 24.3 Å². The largest absolute Gasteiger partial charge is 0.478 e. The fourth-order valence-electron chi connectivity index (χ4n) is 2.94. The molecule has 2 rings (SSSR count). The van der Waals surface area contributed by atoms with Gasteiger partial charge in [0.2, 0.25) is 21.7 Å². The van der Waals surface area contributed by atoms with Gasteiger partial charge in [0.15, 0.2) is 0 Å². The van der Waals surface area contributed by atoms with Gasteiger partial charge in [-0.25, -0.2) is 17.9 Å². The molecule has 1 aliphatic heterocycles. The molecule has 0 bridgehead atoms. The summed E-state index contributed by atoms with van der Waals surface area (Å²) in [4.78, 5) is 23.0. The molecule has 5 atom stereocenters. The fourth-order valence-corrected chi connectivity index (χ4v) is 4.14. The van der Waals surface area contributed by atoms with Crippen molar-refractivity contribution in [2.45, 2.75) is 49.1 Å². The van der Waals surface area contributed by atoms with Crippen molar-refractivity contribution in [3.8, 4) is 0 Å². The molecule has 0 saturated heterocycles. The van der Waals surface area contributed by atoms with Gasteiger partial charge in [0.25, 0.3) is 0 Å². The zero-order chi connectivity index (χ0) is 22.6. The molecule has 12 heteroatoms. The summed E-state index contributed by atoms with van der Waals surface area (Å²) in [6.07, 6.45) is -4.18. The van der Waals surface area contributed by atoms with Gasteiger partial charge >= 0.3 is 5.97 Å². The van der Waals surface area contributed by atoms with Gasteiger partial charge in [-0.15, -0.1) is 0 Å². The second-order valence-corrected chi connectivity index (χ2v) is 8.56. The molecule has 0 aromatic heterocycles. The number of nitrogens with one attached hydrogen (secondary N) is 2. The standard InChI is InChI=1S/C18H24N2O9S/c1-9-3-5-11(6-4-9)30(27,28)20-12-7-14(18(25)26)29-17(15(12)19-10(2)22)16(24)13(23)8-21/h3-7,12-13,15-17,20-21,23-24H,8H2,1-2H3,(H,19,22)(H,25,26)/t12-,13+,15+,16+,17+/m0/s1. The number of sulfonamides is 1. The summed E-state index contributed by atoms with van der Waals surface area (Å²) >= 11 is 0. The summed E-state index contributed by atoms with van der Waals surface area (Å²) in [5, 5.41) is 40.9. The molecule has 0 spiro atoms. The van der Waals surface area contributed by atoms with Crippen molar-refractivity contribution in [1.82, 2.24) is 10.0 Å². The minimum absolute atomic E-state index is 0.0982. The number of aliphatic hydroxyl groups is 3. The first kappa shape index (κ1) is 23.8. The van der Waals surface area contributed by atoms with Gasteiger partial charge in [-0.2, -0.15) is 0 Å². The van der Waals surface area contributed by atoms with Crippen molar-refractivity contribution in [3.05, 3.63) is 41.7 Å². The number of rotatable bonds is 8. The Hall–Kier alpha value is -2.51. The Labute approximate surface area is 173 Å². The molecule has 6 N–H and O–H groups in total. The summed E-state index contributed by atoms with van der Waals surface area (Å²) in [5.41, 5.74) is 0.824. The van der Waals surface area contributed by atoms with E-state index in [0.717, 1.165) is 18.6 Å². The van der Waals surface area contributed by atoms with Crippen LogP contribution in [0.1, 0.15) is 12.5 Å². The predicted octanol–water partition coefficient (Wildman–Crippen LogP) is -1.77. The number of amides is 1. The zero-order valence-corrected chi connectivity index (χ0v) is 17.0. The molecule has 0 radical (unpaired) electrons. The van der Waals surface area contributed by atoms with Crippen molar-refractivity contribution in [2.24, 2.45) is 0 Å². The predicted molar refractivity (Wildman–Crippen MR) is 103 cm³/mol. The van der Waals surface area contributed by atoms with E-state index in [1.54, 1.807) is 19.1 Å². The summed E-state index contributed by atoms with van der Waals surface area (Å²) in [6.45, 7) is 2.03. The number of aliphatic carboxylic acids is 1. The topological polar surface area (TPSA) is 182 Å². The number of hydrogen-bond donors (Lipinski definition) is 6. The van der Waals surface area contributed by atoms with Crippen LogP contribution >= 0.6 is 0 Å². The van der Waals surface area contributed by atoms with Crippen LogP contribution in [0.5, 0.6) is 0 Å².